The van der Waals surface area contributed by atoms with Crippen LogP contribution in [-0.4, -0.2) is 26.5 Å². The molecule has 0 aromatic heterocycles. The molecule has 0 atom stereocenters. The van der Waals surface area contributed by atoms with Gasteiger partial charge in [-0.2, -0.15) is 0 Å². The monoisotopic (exact) mass is 223 g/mol. The summed E-state index contributed by atoms with van der Waals surface area (Å²) >= 11 is 0. The molecule has 1 radical (unpaired) electrons. The van der Waals surface area contributed by atoms with E-state index >= 15 is 0 Å². The highest BCUT2D eigenvalue weighted by atomic mass is 15.2. The molecule has 2 aromatic rings. The van der Waals surface area contributed by atoms with Crippen molar-refractivity contribution in [2.45, 2.75) is 0 Å². The predicted molar refractivity (Wildman–Crippen MR) is 74.5 cm³/mol. The van der Waals surface area contributed by atoms with Gasteiger partial charge < -0.3 is 9.62 Å². The van der Waals surface area contributed by atoms with E-state index in [-0.39, 0.29) is 0 Å². The Hall–Kier alpha value is -1.74. The molecule has 0 spiro atoms. The number of para-hydroxylation sites is 2. The molecule has 85 valence electrons. The van der Waals surface area contributed by atoms with Gasteiger partial charge in [0.15, 0.2) is 0 Å². The number of nitrogens with zero attached hydrogens (tertiary/aromatic N) is 2. The highest BCUT2D eigenvalue weighted by Crippen LogP contribution is 2.23. The Morgan fingerprint density at radius 3 is 1.47 bits per heavy atom. The second-order valence-corrected chi connectivity index (χ2v) is 4.12. The quantitative estimate of drug-likeness (QED) is 0.735. The van der Waals surface area contributed by atoms with Crippen LogP contribution in [0.5, 0.6) is 0 Å². The van der Waals surface area contributed by atoms with Crippen molar-refractivity contribution in [2.24, 2.45) is 0 Å². The topological polar surface area (TPSA) is 6.48 Å². The molecule has 0 aliphatic carbocycles. The van der Waals surface area contributed by atoms with Crippen LogP contribution in [-0.2, 0) is 0 Å². The van der Waals surface area contributed by atoms with Crippen LogP contribution in [0.1, 0.15) is 0 Å². The van der Waals surface area contributed by atoms with Crippen LogP contribution in [0.2, 0.25) is 0 Å². The van der Waals surface area contributed by atoms with Gasteiger partial charge in [0.2, 0.25) is 0 Å². The molecular weight excluding hydrogens is 207 g/mol. The Kier molecular flexibility index (Phi) is 3.83. The summed E-state index contributed by atoms with van der Waals surface area (Å²) < 4.78 is 0. The minimum atomic E-state index is 1.16. The third-order valence-corrected chi connectivity index (χ3v) is 2.42. The van der Waals surface area contributed by atoms with Gasteiger partial charge in [0.1, 0.15) is 0 Å². The highest BCUT2D eigenvalue weighted by molar-refractivity contribution is 6.40. The average molecular weight is 223 g/mol. The van der Waals surface area contributed by atoms with E-state index in [1.165, 1.54) is 0 Å². The lowest BCUT2D eigenvalue weighted by Gasteiger charge is -2.26. The van der Waals surface area contributed by atoms with Crippen LogP contribution in [0, 0.1) is 0 Å². The smallest absolute Gasteiger partial charge is 0.356 e. The first kappa shape index (κ1) is 11.7. The highest BCUT2D eigenvalue weighted by Gasteiger charge is 2.11. The van der Waals surface area contributed by atoms with Crippen molar-refractivity contribution in [3.05, 3.63) is 60.7 Å². The fraction of sp³-hybridized carbons (Fsp3) is 0.143. The molecule has 0 unspecified atom stereocenters. The molecule has 3 heteroatoms. The minimum absolute atomic E-state index is 1.16. The van der Waals surface area contributed by atoms with Gasteiger partial charge in [-0.05, 0) is 38.4 Å². The van der Waals surface area contributed by atoms with E-state index in [2.05, 4.69) is 60.9 Å². The summed E-state index contributed by atoms with van der Waals surface area (Å²) in [6, 6.07) is 20.7. The number of rotatable bonds is 4. The third-order valence-electron chi connectivity index (χ3n) is 2.42. The van der Waals surface area contributed by atoms with Gasteiger partial charge in [-0.1, -0.05) is 36.4 Å². The van der Waals surface area contributed by atoms with Crippen LogP contribution >= 0.6 is 0 Å². The molecule has 0 fully saturated rings. The zero-order valence-electron chi connectivity index (χ0n) is 10.2. The van der Waals surface area contributed by atoms with Crippen molar-refractivity contribution < 1.29 is 0 Å². The lowest BCUT2D eigenvalue weighted by Crippen LogP contribution is -2.33. The molecule has 17 heavy (non-hydrogen) atoms. The summed E-state index contributed by atoms with van der Waals surface area (Å²) in [6.07, 6.45) is 0. The van der Waals surface area contributed by atoms with Gasteiger partial charge in [-0.3, -0.25) is 0 Å². The Morgan fingerprint density at radius 1 is 0.706 bits per heavy atom. The summed E-state index contributed by atoms with van der Waals surface area (Å²) in [4.78, 5) is 4.21. The van der Waals surface area contributed by atoms with Gasteiger partial charge >= 0.3 is 7.55 Å². The first-order valence-electron chi connectivity index (χ1n) is 5.68. The van der Waals surface area contributed by atoms with Gasteiger partial charge in [0.05, 0.1) is 0 Å². The molecule has 0 bridgehead atoms. The third kappa shape index (κ3) is 3.11. The largest absolute Gasteiger partial charge is 0.374 e. The molecule has 0 saturated carbocycles. The first-order valence-corrected chi connectivity index (χ1v) is 5.68. The lowest BCUT2D eigenvalue weighted by atomic mass is 10.0. The maximum absolute atomic E-state index is 2.17. The Labute approximate surface area is 104 Å². The summed E-state index contributed by atoms with van der Waals surface area (Å²) in [5, 5.41) is 0. The summed E-state index contributed by atoms with van der Waals surface area (Å²) in [7, 11) is 6.13. The predicted octanol–water partition coefficient (Wildman–Crippen LogP) is 2.92. The number of benzene rings is 2. The molecule has 2 aromatic carbocycles. The van der Waals surface area contributed by atoms with E-state index in [1.807, 2.05) is 31.0 Å². The van der Waals surface area contributed by atoms with Gasteiger partial charge in [0, 0.05) is 11.4 Å². The van der Waals surface area contributed by atoms with E-state index in [9.17, 15) is 0 Å². The molecule has 0 aliphatic heterocycles. The number of anilines is 2. The van der Waals surface area contributed by atoms with E-state index in [4.69, 9.17) is 0 Å². The average Bonchev–Trinajstić information content (AvgIpc) is 2.38. The first-order chi connectivity index (χ1) is 8.27. The number of hydrogen-bond donors (Lipinski definition) is 0. The number of hydrogen-bond acceptors (Lipinski definition) is 2. The van der Waals surface area contributed by atoms with Crippen LogP contribution in [0.25, 0.3) is 0 Å². The normalized spacial score (nSPS) is 10.3. The van der Waals surface area contributed by atoms with Crippen molar-refractivity contribution in [1.29, 1.82) is 0 Å². The molecule has 0 heterocycles. The maximum Gasteiger partial charge on any atom is 0.356 e. The summed E-state index contributed by atoms with van der Waals surface area (Å²) in [6.45, 7) is 0. The SMILES string of the molecule is CN(C)[B]N(c1ccccc1)c1ccccc1. The van der Waals surface area contributed by atoms with Crippen molar-refractivity contribution in [2.75, 3.05) is 18.9 Å². The Balaban J connectivity index is 2.32. The van der Waals surface area contributed by atoms with Crippen LogP contribution in [0.3, 0.4) is 0 Å². The van der Waals surface area contributed by atoms with Crippen LogP contribution in [0.15, 0.2) is 60.7 Å². The van der Waals surface area contributed by atoms with Gasteiger partial charge in [-0.25, -0.2) is 0 Å². The summed E-state index contributed by atoms with van der Waals surface area (Å²) in [5.74, 6) is 0. The molecule has 2 nitrogen and oxygen atoms in total. The van der Waals surface area contributed by atoms with Crippen molar-refractivity contribution in [3.63, 3.8) is 0 Å². The van der Waals surface area contributed by atoms with Gasteiger partial charge in [-0.15, -0.1) is 0 Å². The minimum Gasteiger partial charge on any atom is -0.374 e. The van der Waals surface area contributed by atoms with Crippen molar-refractivity contribution in [3.8, 4) is 0 Å². The summed E-state index contributed by atoms with van der Waals surface area (Å²) in [5.41, 5.74) is 2.32. The zero-order chi connectivity index (χ0) is 12.1. The second kappa shape index (κ2) is 5.55. The Morgan fingerprint density at radius 2 is 1.12 bits per heavy atom. The van der Waals surface area contributed by atoms with E-state index < -0.39 is 0 Å². The molecule has 0 saturated heterocycles. The van der Waals surface area contributed by atoms with Crippen LogP contribution < -0.4 is 4.81 Å². The van der Waals surface area contributed by atoms with Crippen LogP contribution in [0.4, 0.5) is 11.4 Å². The molecule has 0 aliphatic rings. The van der Waals surface area contributed by atoms with Crippen molar-refractivity contribution in [1.82, 2.24) is 4.81 Å². The fourth-order valence-corrected chi connectivity index (χ4v) is 1.69. The Bertz CT molecular complexity index is 403. The van der Waals surface area contributed by atoms with E-state index in [0.717, 1.165) is 11.4 Å². The molecule has 0 amide bonds. The fourth-order valence-electron chi connectivity index (χ4n) is 1.69. The lowest BCUT2D eigenvalue weighted by molar-refractivity contribution is 0.658. The molecule has 0 N–H and O–H groups in total. The van der Waals surface area contributed by atoms with E-state index in [0.29, 0.717) is 0 Å². The van der Waals surface area contributed by atoms with Crippen molar-refractivity contribution >= 4 is 18.9 Å². The van der Waals surface area contributed by atoms with Gasteiger partial charge in [0.25, 0.3) is 0 Å². The zero-order valence-corrected chi connectivity index (χ0v) is 10.2. The molecular formula is C14H16BN2. The second-order valence-electron chi connectivity index (χ2n) is 4.12. The standard InChI is InChI=1S/C14H16BN2/c1-16(2)15-17(13-9-5-3-6-10-13)14-11-7-4-8-12-14/h3-12H,1-2H3. The maximum atomic E-state index is 2.17. The molecule has 2 rings (SSSR count). The van der Waals surface area contributed by atoms with E-state index in [1.54, 1.807) is 0 Å².